The van der Waals surface area contributed by atoms with E-state index >= 15 is 0 Å². The van der Waals surface area contributed by atoms with E-state index in [9.17, 15) is 14.7 Å². The van der Waals surface area contributed by atoms with Gasteiger partial charge in [0.25, 0.3) is 0 Å². The minimum absolute atomic E-state index is 0.0440. The SMILES string of the molecule is O=C(O)c1c(-c2ccccc2)[nH]c2ccc(Cl)c(Cl)c2c1=O. The summed E-state index contributed by atoms with van der Waals surface area (Å²) >= 11 is 12.0. The molecule has 0 atom stereocenters. The first-order chi connectivity index (χ1) is 10.5. The molecule has 6 heteroatoms. The molecule has 0 spiro atoms. The van der Waals surface area contributed by atoms with Crippen LogP contribution in [0.3, 0.4) is 0 Å². The number of pyridine rings is 1. The molecule has 0 amide bonds. The van der Waals surface area contributed by atoms with Gasteiger partial charge in [-0.15, -0.1) is 0 Å². The van der Waals surface area contributed by atoms with E-state index in [2.05, 4.69) is 4.98 Å². The number of carboxylic acid groups (broad SMARTS) is 1. The first-order valence-electron chi connectivity index (χ1n) is 6.33. The Labute approximate surface area is 134 Å². The molecule has 1 heterocycles. The Kier molecular flexibility index (Phi) is 3.64. The number of fused-ring (bicyclic) bond motifs is 1. The van der Waals surface area contributed by atoms with E-state index in [1.165, 1.54) is 0 Å². The maximum atomic E-state index is 12.6. The number of aromatic nitrogens is 1. The van der Waals surface area contributed by atoms with E-state index in [1.807, 2.05) is 0 Å². The zero-order chi connectivity index (χ0) is 15.9. The molecule has 110 valence electrons. The minimum Gasteiger partial charge on any atom is -0.477 e. The van der Waals surface area contributed by atoms with E-state index in [0.29, 0.717) is 11.1 Å². The van der Waals surface area contributed by atoms with Gasteiger partial charge in [-0.05, 0) is 17.7 Å². The summed E-state index contributed by atoms with van der Waals surface area (Å²) in [6, 6.07) is 11.9. The summed E-state index contributed by atoms with van der Waals surface area (Å²) < 4.78 is 0. The molecule has 1 aromatic heterocycles. The van der Waals surface area contributed by atoms with Crippen molar-refractivity contribution in [2.45, 2.75) is 0 Å². The standard InChI is InChI=1S/C16H9Cl2NO3/c17-9-6-7-10-11(13(9)18)15(20)12(16(21)22)14(19-10)8-4-2-1-3-5-8/h1-7H,(H,19,20)(H,21,22). The van der Waals surface area contributed by atoms with Gasteiger partial charge in [-0.1, -0.05) is 53.5 Å². The van der Waals surface area contributed by atoms with Crippen molar-refractivity contribution < 1.29 is 9.90 Å². The molecule has 0 aliphatic carbocycles. The Bertz CT molecular complexity index is 949. The smallest absolute Gasteiger partial charge is 0.341 e. The minimum atomic E-state index is -1.32. The predicted molar refractivity (Wildman–Crippen MR) is 87.0 cm³/mol. The van der Waals surface area contributed by atoms with Crippen LogP contribution in [0, 0.1) is 0 Å². The molecule has 3 aromatic rings. The van der Waals surface area contributed by atoms with Gasteiger partial charge in [-0.3, -0.25) is 4.79 Å². The molecule has 0 saturated carbocycles. The third-order valence-electron chi connectivity index (χ3n) is 3.33. The average Bonchev–Trinajstić information content (AvgIpc) is 2.51. The number of nitrogens with one attached hydrogen (secondary N) is 1. The Hall–Kier alpha value is -2.30. The van der Waals surface area contributed by atoms with E-state index < -0.39 is 11.4 Å². The lowest BCUT2D eigenvalue weighted by Crippen LogP contribution is -2.18. The summed E-state index contributed by atoms with van der Waals surface area (Å²) in [4.78, 5) is 27.1. The summed E-state index contributed by atoms with van der Waals surface area (Å²) in [7, 11) is 0. The van der Waals surface area contributed by atoms with Gasteiger partial charge in [-0.2, -0.15) is 0 Å². The fraction of sp³-hybridized carbons (Fsp3) is 0. The molecule has 2 N–H and O–H groups in total. The third-order valence-corrected chi connectivity index (χ3v) is 4.14. The number of aromatic amines is 1. The van der Waals surface area contributed by atoms with Gasteiger partial charge in [-0.25, -0.2) is 4.79 Å². The molecule has 0 aliphatic rings. The van der Waals surface area contributed by atoms with E-state index in [1.54, 1.807) is 42.5 Å². The molecule has 0 unspecified atom stereocenters. The van der Waals surface area contributed by atoms with E-state index in [-0.39, 0.29) is 26.7 Å². The topological polar surface area (TPSA) is 70.2 Å². The van der Waals surface area contributed by atoms with E-state index in [4.69, 9.17) is 23.2 Å². The van der Waals surface area contributed by atoms with Crippen molar-refractivity contribution in [3.8, 4) is 11.3 Å². The molecule has 22 heavy (non-hydrogen) atoms. The highest BCUT2D eigenvalue weighted by Crippen LogP contribution is 2.30. The second kappa shape index (κ2) is 5.48. The average molecular weight is 334 g/mol. The zero-order valence-corrected chi connectivity index (χ0v) is 12.6. The van der Waals surface area contributed by atoms with Crippen LogP contribution in [0.2, 0.25) is 10.0 Å². The number of benzene rings is 2. The van der Waals surface area contributed by atoms with Crippen LogP contribution in [-0.4, -0.2) is 16.1 Å². The van der Waals surface area contributed by atoms with Gasteiger partial charge in [0.05, 0.1) is 26.6 Å². The molecule has 0 aliphatic heterocycles. The Morgan fingerprint density at radius 3 is 2.36 bits per heavy atom. The van der Waals surface area contributed by atoms with Crippen LogP contribution < -0.4 is 5.43 Å². The highest BCUT2D eigenvalue weighted by Gasteiger charge is 2.21. The lowest BCUT2D eigenvalue weighted by molar-refractivity contribution is 0.0696. The van der Waals surface area contributed by atoms with Crippen molar-refractivity contribution >= 4 is 40.1 Å². The largest absolute Gasteiger partial charge is 0.477 e. The quantitative estimate of drug-likeness (QED) is 0.738. The highest BCUT2D eigenvalue weighted by molar-refractivity contribution is 6.45. The van der Waals surface area contributed by atoms with Crippen molar-refractivity contribution in [3.05, 3.63) is 68.3 Å². The van der Waals surface area contributed by atoms with Gasteiger partial charge in [0.2, 0.25) is 5.43 Å². The van der Waals surface area contributed by atoms with Crippen molar-refractivity contribution in [3.63, 3.8) is 0 Å². The number of carboxylic acids is 1. The molecule has 2 aromatic carbocycles. The number of hydrogen-bond acceptors (Lipinski definition) is 2. The number of carbonyl (C=O) groups is 1. The Morgan fingerprint density at radius 2 is 1.73 bits per heavy atom. The highest BCUT2D eigenvalue weighted by atomic mass is 35.5. The predicted octanol–water partition coefficient (Wildman–Crippen LogP) is 4.20. The van der Waals surface area contributed by atoms with Crippen LogP contribution >= 0.6 is 23.2 Å². The van der Waals surface area contributed by atoms with Crippen molar-refractivity contribution in [2.75, 3.05) is 0 Å². The van der Waals surface area contributed by atoms with Crippen molar-refractivity contribution in [2.24, 2.45) is 0 Å². The second-order valence-electron chi connectivity index (χ2n) is 4.66. The number of hydrogen-bond donors (Lipinski definition) is 2. The van der Waals surface area contributed by atoms with Crippen LogP contribution in [-0.2, 0) is 0 Å². The summed E-state index contributed by atoms with van der Waals surface area (Å²) in [5, 5.41) is 9.75. The van der Waals surface area contributed by atoms with Crippen LogP contribution in [0.1, 0.15) is 10.4 Å². The van der Waals surface area contributed by atoms with Gasteiger partial charge in [0.15, 0.2) is 0 Å². The molecule has 0 fully saturated rings. The lowest BCUT2D eigenvalue weighted by atomic mass is 10.0. The normalized spacial score (nSPS) is 10.8. The molecule has 0 saturated heterocycles. The van der Waals surface area contributed by atoms with E-state index in [0.717, 1.165) is 0 Å². The fourth-order valence-corrected chi connectivity index (χ4v) is 2.75. The Balaban J connectivity index is 2.49. The number of halogens is 2. The molecule has 4 nitrogen and oxygen atoms in total. The van der Waals surface area contributed by atoms with Gasteiger partial charge < -0.3 is 10.1 Å². The summed E-state index contributed by atoms with van der Waals surface area (Å²) in [6.45, 7) is 0. The number of rotatable bonds is 2. The maximum Gasteiger partial charge on any atom is 0.341 e. The van der Waals surface area contributed by atoms with Gasteiger partial charge in [0, 0.05) is 0 Å². The van der Waals surface area contributed by atoms with Crippen molar-refractivity contribution in [1.82, 2.24) is 4.98 Å². The van der Waals surface area contributed by atoms with Gasteiger partial charge >= 0.3 is 5.97 Å². The molecular weight excluding hydrogens is 325 g/mol. The molecule has 3 rings (SSSR count). The summed E-state index contributed by atoms with van der Waals surface area (Å²) in [6.07, 6.45) is 0. The fourth-order valence-electron chi connectivity index (χ4n) is 2.34. The van der Waals surface area contributed by atoms with Crippen molar-refractivity contribution in [1.29, 1.82) is 0 Å². The molecule has 0 bridgehead atoms. The van der Waals surface area contributed by atoms with Crippen LogP contribution in [0.25, 0.3) is 22.2 Å². The monoisotopic (exact) mass is 333 g/mol. The zero-order valence-electron chi connectivity index (χ0n) is 11.1. The third kappa shape index (κ3) is 2.26. The Morgan fingerprint density at radius 1 is 1.05 bits per heavy atom. The van der Waals surface area contributed by atoms with Crippen LogP contribution in [0.5, 0.6) is 0 Å². The molecule has 0 radical (unpaired) electrons. The number of aromatic carboxylic acids is 1. The van der Waals surface area contributed by atoms with Crippen LogP contribution in [0.15, 0.2) is 47.3 Å². The summed E-state index contributed by atoms with van der Waals surface area (Å²) in [5.74, 6) is -1.32. The molecular formula is C16H9Cl2NO3. The second-order valence-corrected chi connectivity index (χ2v) is 5.44. The first-order valence-corrected chi connectivity index (χ1v) is 7.09. The summed E-state index contributed by atoms with van der Waals surface area (Å²) in [5.41, 5.74) is 0.257. The lowest BCUT2D eigenvalue weighted by Gasteiger charge is -2.10. The van der Waals surface area contributed by atoms with Gasteiger partial charge in [0.1, 0.15) is 5.56 Å². The van der Waals surface area contributed by atoms with Crippen LogP contribution in [0.4, 0.5) is 0 Å². The number of H-pyrrole nitrogens is 1. The first kappa shape index (κ1) is 14.6. The maximum absolute atomic E-state index is 12.6.